The zero-order chi connectivity index (χ0) is 17.5. The normalized spacial score (nSPS) is 11.5. The highest BCUT2D eigenvalue weighted by Crippen LogP contribution is 2.27. The van der Waals surface area contributed by atoms with Crippen molar-refractivity contribution in [2.24, 2.45) is 0 Å². The molecule has 24 heavy (non-hydrogen) atoms. The molecule has 2 aromatic rings. The molecule has 128 valence electrons. The summed E-state index contributed by atoms with van der Waals surface area (Å²) < 4.78 is 10.5. The zero-order valence-electron chi connectivity index (χ0n) is 14.6. The van der Waals surface area contributed by atoms with E-state index in [0.717, 1.165) is 11.1 Å². The van der Waals surface area contributed by atoms with Crippen molar-refractivity contribution in [2.45, 2.75) is 19.5 Å². The number of benzene rings is 2. The van der Waals surface area contributed by atoms with Gasteiger partial charge < -0.3 is 19.7 Å². The molecule has 0 aliphatic carbocycles. The summed E-state index contributed by atoms with van der Waals surface area (Å²) in [6, 6.07) is 15.4. The molecule has 0 radical (unpaired) electrons. The Labute approximate surface area is 143 Å². The van der Waals surface area contributed by atoms with Crippen LogP contribution in [0.2, 0.25) is 0 Å². The van der Waals surface area contributed by atoms with Crippen molar-refractivity contribution in [1.29, 1.82) is 0 Å². The molecule has 2 rings (SSSR count). The van der Waals surface area contributed by atoms with E-state index in [2.05, 4.69) is 5.32 Å². The van der Waals surface area contributed by atoms with Gasteiger partial charge in [0.25, 0.3) is 0 Å². The molecule has 2 aromatic carbocycles. The van der Waals surface area contributed by atoms with Crippen LogP contribution >= 0.6 is 0 Å². The maximum atomic E-state index is 12.4. The summed E-state index contributed by atoms with van der Waals surface area (Å²) in [4.78, 5) is 14.1. The standard InChI is InChI=1S/C19H24N2O3/c1-14(16-8-6-5-7-9-16)21(2)19(22)20-13-15-10-11-17(23-3)18(12-15)24-4/h5-12,14H,13H2,1-4H3,(H,20,22). The average Bonchev–Trinajstić information content (AvgIpc) is 2.65. The minimum Gasteiger partial charge on any atom is -0.493 e. The van der Waals surface area contributed by atoms with Gasteiger partial charge in [-0.25, -0.2) is 4.79 Å². The van der Waals surface area contributed by atoms with E-state index in [-0.39, 0.29) is 12.1 Å². The van der Waals surface area contributed by atoms with Crippen LogP contribution in [0, 0.1) is 0 Å². The second-order valence-electron chi connectivity index (χ2n) is 5.55. The molecule has 0 saturated heterocycles. The second kappa shape index (κ2) is 8.24. The number of carbonyl (C=O) groups is 1. The lowest BCUT2D eigenvalue weighted by Gasteiger charge is -2.25. The molecule has 1 atom stereocenters. The predicted octanol–water partition coefficient (Wildman–Crippen LogP) is 3.61. The molecule has 0 aliphatic rings. The van der Waals surface area contributed by atoms with Crippen molar-refractivity contribution in [3.8, 4) is 11.5 Å². The van der Waals surface area contributed by atoms with Crippen LogP contribution in [0.25, 0.3) is 0 Å². The van der Waals surface area contributed by atoms with Gasteiger partial charge in [0.05, 0.1) is 20.3 Å². The fraction of sp³-hybridized carbons (Fsp3) is 0.316. The number of carbonyl (C=O) groups excluding carboxylic acids is 1. The van der Waals surface area contributed by atoms with E-state index in [1.54, 1.807) is 26.2 Å². The van der Waals surface area contributed by atoms with Crippen molar-refractivity contribution in [3.63, 3.8) is 0 Å². The fourth-order valence-corrected chi connectivity index (χ4v) is 2.42. The van der Waals surface area contributed by atoms with Gasteiger partial charge in [0.2, 0.25) is 0 Å². The summed E-state index contributed by atoms with van der Waals surface area (Å²) in [5.41, 5.74) is 2.04. The Kier molecular flexibility index (Phi) is 6.07. The van der Waals surface area contributed by atoms with Gasteiger partial charge in [-0.3, -0.25) is 0 Å². The lowest BCUT2D eigenvalue weighted by atomic mass is 10.1. The maximum absolute atomic E-state index is 12.4. The average molecular weight is 328 g/mol. The third-order valence-electron chi connectivity index (χ3n) is 4.07. The fourth-order valence-electron chi connectivity index (χ4n) is 2.42. The summed E-state index contributed by atoms with van der Waals surface area (Å²) in [6.07, 6.45) is 0. The molecule has 2 amide bonds. The molecule has 0 aromatic heterocycles. The third-order valence-corrected chi connectivity index (χ3v) is 4.07. The summed E-state index contributed by atoms with van der Waals surface area (Å²) in [7, 11) is 4.98. The smallest absolute Gasteiger partial charge is 0.317 e. The number of urea groups is 1. The highest BCUT2D eigenvalue weighted by atomic mass is 16.5. The van der Waals surface area contributed by atoms with Gasteiger partial charge in [-0.05, 0) is 30.2 Å². The van der Waals surface area contributed by atoms with E-state index in [1.807, 2.05) is 55.5 Å². The lowest BCUT2D eigenvalue weighted by molar-refractivity contribution is 0.194. The highest BCUT2D eigenvalue weighted by Gasteiger charge is 2.17. The molecule has 0 aliphatic heterocycles. The quantitative estimate of drug-likeness (QED) is 0.881. The molecule has 0 bridgehead atoms. The first-order valence-electron chi connectivity index (χ1n) is 7.83. The van der Waals surface area contributed by atoms with E-state index in [9.17, 15) is 4.79 Å². The number of nitrogens with one attached hydrogen (secondary N) is 1. The first-order valence-corrected chi connectivity index (χ1v) is 7.83. The molecule has 0 spiro atoms. The number of rotatable bonds is 6. The van der Waals surface area contributed by atoms with Crippen LogP contribution in [-0.2, 0) is 6.54 Å². The zero-order valence-corrected chi connectivity index (χ0v) is 14.6. The Morgan fingerprint density at radius 1 is 1.08 bits per heavy atom. The van der Waals surface area contributed by atoms with E-state index >= 15 is 0 Å². The van der Waals surface area contributed by atoms with Gasteiger partial charge in [-0.1, -0.05) is 36.4 Å². The van der Waals surface area contributed by atoms with E-state index in [4.69, 9.17) is 9.47 Å². The molecule has 0 saturated carbocycles. The highest BCUT2D eigenvalue weighted by molar-refractivity contribution is 5.74. The predicted molar refractivity (Wildman–Crippen MR) is 94.4 cm³/mol. The Balaban J connectivity index is 1.97. The van der Waals surface area contributed by atoms with E-state index in [0.29, 0.717) is 18.0 Å². The molecular weight excluding hydrogens is 304 g/mol. The SMILES string of the molecule is COc1ccc(CNC(=O)N(C)C(C)c2ccccc2)cc1OC. The Morgan fingerprint density at radius 2 is 1.75 bits per heavy atom. The number of methoxy groups -OCH3 is 2. The number of hydrogen-bond acceptors (Lipinski definition) is 3. The lowest BCUT2D eigenvalue weighted by Crippen LogP contribution is -2.38. The Hall–Kier alpha value is -2.69. The number of ether oxygens (including phenoxy) is 2. The molecule has 0 heterocycles. The molecule has 0 fully saturated rings. The number of hydrogen-bond donors (Lipinski definition) is 1. The largest absolute Gasteiger partial charge is 0.493 e. The molecule has 5 nitrogen and oxygen atoms in total. The van der Waals surface area contributed by atoms with Crippen LogP contribution < -0.4 is 14.8 Å². The topological polar surface area (TPSA) is 50.8 Å². The van der Waals surface area contributed by atoms with E-state index in [1.165, 1.54) is 0 Å². The van der Waals surface area contributed by atoms with Gasteiger partial charge >= 0.3 is 6.03 Å². The third kappa shape index (κ3) is 4.19. The molecule has 5 heteroatoms. The molecular formula is C19H24N2O3. The minimum atomic E-state index is -0.124. The van der Waals surface area contributed by atoms with Crippen LogP contribution in [0.3, 0.4) is 0 Å². The molecule has 1 N–H and O–H groups in total. The van der Waals surface area contributed by atoms with Crippen molar-refractivity contribution < 1.29 is 14.3 Å². The number of nitrogens with zero attached hydrogens (tertiary/aromatic N) is 1. The van der Waals surface area contributed by atoms with Crippen LogP contribution in [0.5, 0.6) is 11.5 Å². The van der Waals surface area contributed by atoms with Gasteiger partial charge in [-0.15, -0.1) is 0 Å². The summed E-state index contributed by atoms with van der Waals surface area (Å²) in [6.45, 7) is 2.43. The van der Waals surface area contributed by atoms with Crippen LogP contribution in [-0.4, -0.2) is 32.2 Å². The van der Waals surface area contributed by atoms with Gasteiger partial charge in [0, 0.05) is 13.6 Å². The Morgan fingerprint density at radius 3 is 2.38 bits per heavy atom. The monoisotopic (exact) mass is 328 g/mol. The number of amides is 2. The van der Waals surface area contributed by atoms with Gasteiger partial charge in [0.15, 0.2) is 11.5 Å². The van der Waals surface area contributed by atoms with Gasteiger partial charge in [0.1, 0.15) is 0 Å². The van der Waals surface area contributed by atoms with Crippen molar-refractivity contribution in [2.75, 3.05) is 21.3 Å². The van der Waals surface area contributed by atoms with Crippen LogP contribution in [0.1, 0.15) is 24.1 Å². The maximum Gasteiger partial charge on any atom is 0.317 e. The van der Waals surface area contributed by atoms with Gasteiger partial charge in [-0.2, -0.15) is 0 Å². The first-order chi connectivity index (χ1) is 11.6. The minimum absolute atomic E-state index is 0.00314. The van der Waals surface area contributed by atoms with Crippen molar-refractivity contribution in [1.82, 2.24) is 10.2 Å². The molecule has 1 unspecified atom stereocenters. The van der Waals surface area contributed by atoms with Crippen LogP contribution in [0.15, 0.2) is 48.5 Å². The van der Waals surface area contributed by atoms with Crippen molar-refractivity contribution >= 4 is 6.03 Å². The second-order valence-corrected chi connectivity index (χ2v) is 5.55. The first kappa shape index (κ1) is 17.7. The van der Waals surface area contributed by atoms with Crippen LogP contribution in [0.4, 0.5) is 4.79 Å². The van der Waals surface area contributed by atoms with Crippen molar-refractivity contribution in [3.05, 3.63) is 59.7 Å². The summed E-state index contributed by atoms with van der Waals surface area (Å²) in [5, 5.41) is 2.93. The summed E-state index contributed by atoms with van der Waals surface area (Å²) >= 11 is 0. The Bertz CT molecular complexity index is 674. The summed E-state index contributed by atoms with van der Waals surface area (Å²) in [5.74, 6) is 1.32. The van der Waals surface area contributed by atoms with E-state index < -0.39 is 0 Å².